The maximum absolute atomic E-state index is 13.3. The monoisotopic (exact) mass is 420 g/mol. The van der Waals surface area contributed by atoms with Crippen LogP contribution in [0.5, 0.6) is 5.75 Å². The number of carbonyl (C=O) groups is 2. The van der Waals surface area contributed by atoms with Crippen molar-refractivity contribution in [3.8, 4) is 5.75 Å². The van der Waals surface area contributed by atoms with Crippen LogP contribution in [0, 0.1) is 0 Å². The quantitative estimate of drug-likeness (QED) is 0.593. The van der Waals surface area contributed by atoms with E-state index in [4.69, 9.17) is 4.74 Å². The van der Waals surface area contributed by atoms with E-state index < -0.39 is 6.04 Å². The Labute approximate surface area is 185 Å². The molecule has 0 unspecified atom stereocenters. The third-order valence-electron chi connectivity index (χ3n) is 5.72. The lowest BCUT2D eigenvalue weighted by molar-refractivity contribution is -0.140. The van der Waals surface area contributed by atoms with Crippen LogP contribution in [0.25, 0.3) is 0 Å². The van der Waals surface area contributed by atoms with Gasteiger partial charge in [-0.05, 0) is 55.4 Å². The van der Waals surface area contributed by atoms with Gasteiger partial charge in [0.05, 0.1) is 7.11 Å². The Bertz CT molecular complexity index is 891. The first-order valence-corrected chi connectivity index (χ1v) is 11.0. The van der Waals surface area contributed by atoms with Gasteiger partial charge in [0.25, 0.3) is 0 Å². The lowest BCUT2D eigenvalue weighted by atomic mass is 9.97. The molecule has 31 heavy (non-hydrogen) atoms. The lowest BCUT2D eigenvalue weighted by Gasteiger charge is -2.31. The summed E-state index contributed by atoms with van der Waals surface area (Å²) >= 11 is 0. The SMILES string of the molecule is COc1ccc(CN(C(C)=O)[C@@H](C(=O)NCCC2=CCCCC2)c2ccccc2)cc1. The van der Waals surface area contributed by atoms with Gasteiger partial charge in [-0.2, -0.15) is 0 Å². The van der Waals surface area contributed by atoms with Crippen LogP contribution >= 0.6 is 0 Å². The highest BCUT2D eigenvalue weighted by molar-refractivity contribution is 5.88. The summed E-state index contributed by atoms with van der Waals surface area (Å²) in [6.45, 7) is 2.44. The maximum Gasteiger partial charge on any atom is 0.247 e. The number of hydrogen-bond donors (Lipinski definition) is 1. The van der Waals surface area contributed by atoms with E-state index in [0.29, 0.717) is 13.1 Å². The number of hydrogen-bond acceptors (Lipinski definition) is 3. The first kappa shape index (κ1) is 22.6. The first-order valence-electron chi connectivity index (χ1n) is 11.0. The maximum atomic E-state index is 13.3. The molecule has 0 spiro atoms. The number of carbonyl (C=O) groups excluding carboxylic acids is 2. The van der Waals surface area contributed by atoms with Gasteiger partial charge in [-0.25, -0.2) is 0 Å². The van der Waals surface area contributed by atoms with Crippen LogP contribution in [0.2, 0.25) is 0 Å². The predicted molar refractivity (Wildman–Crippen MR) is 123 cm³/mol. The topological polar surface area (TPSA) is 58.6 Å². The largest absolute Gasteiger partial charge is 0.497 e. The second-order valence-corrected chi connectivity index (χ2v) is 7.96. The van der Waals surface area contributed by atoms with Crippen molar-refractivity contribution in [3.05, 3.63) is 77.4 Å². The molecule has 0 bridgehead atoms. The Kier molecular flexibility index (Phi) is 8.27. The number of nitrogens with one attached hydrogen (secondary N) is 1. The van der Waals surface area contributed by atoms with Crippen LogP contribution in [0.3, 0.4) is 0 Å². The van der Waals surface area contributed by atoms with E-state index in [2.05, 4.69) is 11.4 Å². The van der Waals surface area contributed by atoms with Crippen LogP contribution < -0.4 is 10.1 Å². The van der Waals surface area contributed by atoms with E-state index in [-0.39, 0.29) is 11.8 Å². The minimum absolute atomic E-state index is 0.144. The fraction of sp³-hybridized carbons (Fsp3) is 0.385. The van der Waals surface area contributed by atoms with Crippen molar-refractivity contribution in [3.63, 3.8) is 0 Å². The van der Waals surface area contributed by atoms with Gasteiger partial charge in [0.1, 0.15) is 11.8 Å². The summed E-state index contributed by atoms with van der Waals surface area (Å²) in [5.41, 5.74) is 3.17. The molecule has 1 atom stereocenters. The number of nitrogens with zero attached hydrogens (tertiary/aromatic N) is 1. The third-order valence-corrected chi connectivity index (χ3v) is 5.72. The van der Waals surface area contributed by atoms with Gasteiger partial charge >= 0.3 is 0 Å². The molecule has 2 amide bonds. The van der Waals surface area contributed by atoms with Crippen molar-refractivity contribution in [2.24, 2.45) is 0 Å². The molecule has 0 aromatic heterocycles. The zero-order valence-corrected chi connectivity index (χ0v) is 18.5. The molecule has 0 heterocycles. The van der Waals surface area contributed by atoms with Gasteiger partial charge < -0.3 is 15.0 Å². The second kappa shape index (κ2) is 11.3. The molecule has 0 radical (unpaired) electrons. The summed E-state index contributed by atoms with van der Waals surface area (Å²) in [6.07, 6.45) is 7.91. The fourth-order valence-corrected chi connectivity index (χ4v) is 3.99. The Morgan fingerprint density at radius 3 is 2.42 bits per heavy atom. The third kappa shape index (κ3) is 6.45. The number of amides is 2. The molecule has 1 N–H and O–H groups in total. The molecule has 0 saturated heterocycles. The standard InChI is InChI=1S/C26H32N2O3/c1-20(29)28(19-22-13-15-24(31-2)16-14-22)25(23-11-7-4-8-12-23)26(30)27-18-17-21-9-5-3-6-10-21/h4,7-9,11-16,25H,3,5-6,10,17-19H2,1-2H3,(H,27,30)/t25-/m1/s1. The van der Waals surface area contributed by atoms with E-state index >= 15 is 0 Å². The average Bonchev–Trinajstić information content (AvgIpc) is 2.80. The minimum atomic E-state index is -0.680. The van der Waals surface area contributed by atoms with Crippen molar-refractivity contribution in [2.75, 3.05) is 13.7 Å². The van der Waals surface area contributed by atoms with Gasteiger partial charge in [0.2, 0.25) is 11.8 Å². The molecule has 2 aromatic rings. The number of methoxy groups -OCH3 is 1. The number of allylic oxidation sites excluding steroid dienone is 1. The highest BCUT2D eigenvalue weighted by Gasteiger charge is 2.29. The van der Waals surface area contributed by atoms with Crippen LogP contribution in [-0.2, 0) is 16.1 Å². The molecule has 3 rings (SSSR count). The highest BCUT2D eigenvalue weighted by atomic mass is 16.5. The van der Waals surface area contributed by atoms with Gasteiger partial charge in [-0.15, -0.1) is 0 Å². The number of benzene rings is 2. The van der Waals surface area contributed by atoms with Crippen molar-refractivity contribution in [2.45, 2.75) is 51.6 Å². The predicted octanol–water partition coefficient (Wildman–Crippen LogP) is 4.79. The molecule has 0 fully saturated rings. The molecule has 1 aliphatic carbocycles. The molecule has 164 valence electrons. The second-order valence-electron chi connectivity index (χ2n) is 7.96. The van der Waals surface area contributed by atoms with E-state index in [1.807, 2.05) is 54.6 Å². The Morgan fingerprint density at radius 2 is 1.81 bits per heavy atom. The summed E-state index contributed by atoms with van der Waals surface area (Å²) < 4.78 is 5.22. The van der Waals surface area contributed by atoms with Crippen molar-refractivity contribution in [1.82, 2.24) is 10.2 Å². The summed E-state index contributed by atoms with van der Waals surface area (Å²) in [6, 6.07) is 16.4. The molecular formula is C26H32N2O3. The van der Waals surface area contributed by atoms with Gasteiger partial charge in [0, 0.05) is 20.0 Å². The average molecular weight is 421 g/mol. The molecule has 1 aliphatic rings. The zero-order chi connectivity index (χ0) is 22.1. The molecule has 0 aliphatic heterocycles. The van der Waals surface area contributed by atoms with E-state index in [1.165, 1.54) is 25.3 Å². The number of ether oxygens (including phenoxy) is 1. The van der Waals surface area contributed by atoms with E-state index in [0.717, 1.165) is 36.1 Å². The normalized spacial score (nSPS) is 14.3. The summed E-state index contributed by atoms with van der Waals surface area (Å²) in [5.74, 6) is 0.466. The molecule has 2 aromatic carbocycles. The number of rotatable bonds is 9. The lowest BCUT2D eigenvalue weighted by Crippen LogP contribution is -2.42. The molecule has 5 heteroatoms. The zero-order valence-electron chi connectivity index (χ0n) is 18.5. The molecule has 5 nitrogen and oxygen atoms in total. The van der Waals surface area contributed by atoms with Crippen LogP contribution in [-0.4, -0.2) is 30.4 Å². The fourth-order valence-electron chi connectivity index (χ4n) is 3.99. The van der Waals surface area contributed by atoms with Gasteiger partial charge in [-0.1, -0.05) is 54.1 Å². The Morgan fingerprint density at radius 1 is 1.06 bits per heavy atom. The van der Waals surface area contributed by atoms with Crippen LogP contribution in [0.15, 0.2) is 66.2 Å². The van der Waals surface area contributed by atoms with Gasteiger partial charge in [0.15, 0.2) is 0 Å². The smallest absolute Gasteiger partial charge is 0.247 e. The van der Waals surface area contributed by atoms with Crippen LogP contribution in [0.4, 0.5) is 0 Å². The van der Waals surface area contributed by atoms with Crippen molar-refractivity contribution in [1.29, 1.82) is 0 Å². The molecule has 0 saturated carbocycles. The van der Waals surface area contributed by atoms with Crippen molar-refractivity contribution < 1.29 is 14.3 Å². The van der Waals surface area contributed by atoms with Gasteiger partial charge in [-0.3, -0.25) is 9.59 Å². The highest BCUT2D eigenvalue weighted by Crippen LogP contribution is 2.25. The first-order chi connectivity index (χ1) is 15.1. The van der Waals surface area contributed by atoms with E-state index in [1.54, 1.807) is 12.0 Å². The Balaban J connectivity index is 1.77. The van der Waals surface area contributed by atoms with Crippen molar-refractivity contribution >= 4 is 11.8 Å². The Hall–Kier alpha value is -3.08. The summed E-state index contributed by atoms with van der Waals surface area (Å²) in [5, 5.41) is 3.07. The molecular weight excluding hydrogens is 388 g/mol. The van der Waals surface area contributed by atoms with Crippen LogP contribution in [0.1, 0.15) is 56.2 Å². The minimum Gasteiger partial charge on any atom is -0.497 e. The summed E-state index contributed by atoms with van der Waals surface area (Å²) in [4.78, 5) is 27.5. The summed E-state index contributed by atoms with van der Waals surface area (Å²) in [7, 11) is 1.62. The van der Waals surface area contributed by atoms with E-state index in [9.17, 15) is 9.59 Å².